The Morgan fingerprint density at radius 2 is 1.55 bits per heavy atom. The molecule has 2 amide bonds. The molecule has 1 aliphatic heterocycles. The molecule has 1 saturated heterocycles. The van der Waals surface area contributed by atoms with Crippen molar-refractivity contribution in [2.45, 2.75) is 0 Å². The number of amides is 2. The maximum Gasteiger partial charge on any atom is 0.285 e. The summed E-state index contributed by atoms with van der Waals surface area (Å²) in [6.07, 6.45) is 1.72. The van der Waals surface area contributed by atoms with Crippen LogP contribution < -0.4 is 14.9 Å². The first-order valence-corrected chi connectivity index (χ1v) is 11.4. The van der Waals surface area contributed by atoms with Crippen molar-refractivity contribution in [1.82, 2.24) is 10.4 Å². The highest BCUT2D eigenvalue weighted by Gasteiger charge is 2.33. The van der Waals surface area contributed by atoms with Crippen molar-refractivity contribution >= 4 is 46.2 Å². The molecule has 0 atom stereocenters. The number of hydrogen-bond acceptors (Lipinski definition) is 6. The number of rotatable bonds is 8. The maximum absolute atomic E-state index is 12.8. The molecule has 0 saturated carbocycles. The van der Waals surface area contributed by atoms with E-state index in [9.17, 15) is 9.59 Å². The number of ether oxygens (including phenoxy) is 2. The molecule has 3 aromatic carbocycles. The number of para-hydroxylation sites is 1. The molecule has 3 aromatic rings. The smallest absolute Gasteiger partial charge is 0.285 e. The minimum absolute atomic E-state index is 0.265. The average molecular weight is 477 g/mol. The van der Waals surface area contributed by atoms with Crippen LogP contribution in [0.5, 0.6) is 11.5 Å². The summed E-state index contributed by atoms with van der Waals surface area (Å²) in [5.74, 6) is 0.669. The number of thiocarbonyl (C=S) groups is 1. The summed E-state index contributed by atoms with van der Waals surface area (Å²) in [5.41, 5.74) is 3.80. The van der Waals surface area contributed by atoms with Crippen molar-refractivity contribution in [1.29, 1.82) is 0 Å². The summed E-state index contributed by atoms with van der Waals surface area (Å²) < 4.78 is 11.7. The van der Waals surface area contributed by atoms with Crippen molar-refractivity contribution in [2.24, 2.45) is 0 Å². The summed E-state index contributed by atoms with van der Waals surface area (Å²) in [7, 11) is 0. The lowest BCUT2D eigenvalue weighted by Crippen LogP contribution is -2.44. The van der Waals surface area contributed by atoms with Crippen LogP contribution in [0.25, 0.3) is 6.08 Å². The number of thioether (sulfide) groups is 1. The molecule has 6 nitrogen and oxygen atoms in total. The molecule has 0 spiro atoms. The van der Waals surface area contributed by atoms with E-state index in [0.29, 0.717) is 29.4 Å². The van der Waals surface area contributed by atoms with Gasteiger partial charge in [0.05, 0.1) is 4.91 Å². The van der Waals surface area contributed by atoms with Gasteiger partial charge in [-0.05, 0) is 60.3 Å². The first-order chi connectivity index (χ1) is 16.1. The van der Waals surface area contributed by atoms with Crippen molar-refractivity contribution < 1.29 is 19.1 Å². The fourth-order valence-corrected chi connectivity index (χ4v) is 4.18. The van der Waals surface area contributed by atoms with Crippen LogP contribution in [0.2, 0.25) is 0 Å². The number of hydrazine groups is 1. The molecule has 1 aliphatic rings. The third-order valence-corrected chi connectivity index (χ3v) is 5.87. The first-order valence-electron chi connectivity index (χ1n) is 10.1. The van der Waals surface area contributed by atoms with Crippen LogP contribution in [0, 0.1) is 0 Å². The van der Waals surface area contributed by atoms with Crippen LogP contribution >= 0.6 is 24.0 Å². The Bertz CT molecular complexity index is 1180. The Labute approximate surface area is 201 Å². The standard InChI is InChI=1S/C25H20N2O4S2/c28-23(19-9-3-1-4-10-19)26-27-24(29)22(33-25(27)32)17-18-8-7-13-21(16-18)31-15-14-30-20-11-5-2-6-12-20/h1-13,16-17H,14-15H2,(H,26,28). The highest BCUT2D eigenvalue weighted by atomic mass is 32.2. The number of nitrogens with zero attached hydrogens (tertiary/aromatic N) is 1. The summed E-state index contributed by atoms with van der Waals surface area (Å²) in [4.78, 5) is 25.6. The minimum Gasteiger partial charge on any atom is -0.490 e. The van der Waals surface area contributed by atoms with E-state index in [1.54, 1.807) is 30.3 Å². The van der Waals surface area contributed by atoms with Gasteiger partial charge in [0.1, 0.15) is 24.7 Å². The molecular formula is C25H20N2O4S2. The number of carbonyl (C=O) groups excluding carboxylic acids is 2. The average Bonchev–Trinajstić information content (AvgIpc) is 3.10. The van der Waals surface area contributed by atoms with Gasteiger partial charge in [0, 0.05) is 5.56 Å². The molecule has 0 aliphatic carbocycles. The quantitative estimate of drug-likeness (QED) is 0.289. The minimum atomic E-state index is -0.402. The zero-order chi connectivity index (χ0) is 23.0. The molecule has 0 unspecified atom stereocenters. The maximum atomic E-state index is 12.8. The van der Waals surface area contributed by atoms with Gasteiger partial charge in [-0.1, -0.05) is 60.3 Å². The van der Waals surface area contributed by atoms with Crippen LogP contribution in [-0.4, -0.2) is 34.4 Å². The number of carbonyl (C=O) groups is 2. The largest absolute Gasteiger partial charge is 0.490 e. The van der Waals surface area contributed by atoms with E-state index >= 15 is 0 Å². The van der Waals surface area contributed by atoms with Gasteiger partial charge in [-0.25, -0.2) is 0 Å². The Morgan fingerprint density at radius 3 is 2.27 bits per heavy atom. The fourth-order valence-electron chi connectivity index (χ4n) is 3.00. The lowest BCUT2D eigenvalue weighted by Gasteiger charge is -2.15. The van der Waals surface area contributed by atoms with Crippen LogP contribution in [0.1, 0.15) is 15.9 Å². The summed E-state index contributed by atoms with van der Waals surface area (Å²) in [6.45, 7) is 0.792. The monoisotopic (exact) mass is 476 g/mol. The third kappa shape index (κ3) is 6.00. The van der Waals surface area contributed by atoms with Gasteiger partial charge in [-0.3, -0.25) is 15.0 Å². The first kappa shape index (κ1) is 22.6. The zero-order valence-electron chi connectivity index (χ0n) is 17.5. The lowest BCUT2D eigenvalue weighted by molar-refractivity contribution is -0.123. The molecule has 166 valence electrons. The molecule has 1 N–H and O–H groups in total. The van der Waals surface area contributed by atoms with Gasteiger partial charge in [-0.15, -0.1) is 0 Å². The lowest BCUT2D eigenvalue weighted by atomic mass is 10.2. The molecule has 0 radical (unpaired) electrons. The van der Waals surface area contributed by atoms with E-state index in [-0.39, 0.29) is 10.2 Å². The highest BCUT2D eigenvalue weighted by molar-refractivity contribution is 8.26. The van der Waals surface area contributed by atoms with Gasteiger partial charge in [0.15, 0.2) is 4.32 Å². The second kappa shape index (κ2) is 10.8. The second-order valence-electron chi connectivity index (χ2n) is 6.91. The molecule has 1 fully saturated rings. The molecule has 8 heteroatoms. The molecule has 0 aromatic heterocycles. The van der Waals surface area contributed by atoms with Gasteiger partial charge in [0.2, 0.25) is 0 Å². The summed E-state index contributed by atoms with van der Waals surface area (Å²) in [5, 5.41) is 1.10. The molecule has 33 heavy (non-hydrogen) atoms. The normalized spacial score (nSPS) is 14.4. The van der Waals surface area contributed by atoms with E-state index < -0.39 is 5.91 Å². The fraction of sp³-hybridized carbons (Fsp3) is 0.0800. The predicted octanol–water partition coefficient (Wildman–Crippen LogP) is 4.69. The van der Waals surface area contributed by atoms with Crippen molar-refractivity contribution in [2.75, 3.05) is 13.2 Å². The van der Waals surface area contributed by atoms with E-state index in [4.69, 9.17) is 21.7 Å². The van der Waals surface area contributed by atoms with E-state index in [2.05, 4.69) is 5.43 Å². The van der Waals surface area contributed by atoms with Crippen molar-refractivity contribution in [3.8, 4) is 11.5 Å². The summed E-state index contributed by atoms with van der Waals surface area (Å²) in [6, 6.07) is 25.6. The topological polar surface area (TPSA) is 67.9 Å². The van der Waals surface area contributed by atoms with Gasteiger partial charge >= 0.3 is 0 Å². The number of benzene rings is 3. The predicted molar refractivity (Wildman–Crippen MR) is 133 cm³/mol. The SMILES string of the molecule is O=C(NN1C(=O)C(=Cc2cccc(OCCOc3ccccc3)c2)SC1=S)c1ccccc1. The Balaban J connectivity index is 1.36. The Morgan fingerprint density at radius 1 is 0.909 bits per heavy atom. The van der Waals surface area contributed by atoms with Gasteiger partial charge < -0.3 is 9.47 Å². The number of nitrogens with one attached hydrogen (secondary N) is 1. The van der Waals surface area contributed by atoms with E-state index in [1.165, 1.54) is 0 Å². The summed E-state index contributed by atoms with van der Waals surface area (Å²) >= 11 is 6.42. The highest BCUT2D eigenvalue weighted by Crippen LogP contribution is 2.32. The van der Waals surface area contributed by atoms with Crippen molar-refractivity contribution in [3.63, 3.8) is 0 Å². The van der Waals surface area contributed by atoms with Crippen LogP contribution in [0.15, 0.2) is 89.8 Å². The van der Waals surface area contributed by atoms with E-state index in [0.717, 1.165) is 28.1 Å². The van der Waals surface area contributed by atoms with Crippen molar-refractivity contribution in [3.05, 3.63) is 101 Å². The Kier molecular flexibility index (Phi) is 7.39. The molecule has 1 heterocycles. The Hall–Kier alpha value is -3.62. The second-order valence-corrected chi connectivity index (χ2v) is 8.58. The molecule has 4 rings (SSSR count). The van der Waals surface area contributed by atoms with Crippen LogP contribution in [0.3, 0.4) is 0 Å². The number of hydrogen-bond donors (Lipinski definition) is 1. The van der Waals surface area contributed by atoms with Gasteiger partial charge in [0.25, 0.3) is 11.8 Å². The van der Waals surface area contributed by atoms with Crippen LogP contribution in [-0.2, 0) is 4.79 Å². The van der Waals surface area contributed by atoms with Gasteiger partial charge in [-0.2, -0.15) is 5.01 Å². The third-order valence-electron chi connectivity index (χ3n) is 4.56. The molecule has 0 bridgehead atoms. The molecular weight excluding hydrogens is 456 g/mol. The zero-order valence-corrected chi connectivity index (χ0v) is 19.1. The van der Waals surface area contributed by atoms with Crippen LogP contribution in [0.4, 0.5) is 0 Å². The van der Waals surface area contributed by atoms with E-state index in [1.807, 2.05) is 60.7 Å².